The molecule has 0 saturated carbocycles. The lowest BCUT2D eigenvalue weighted by atomic mass is 9.82. The number of methoxy groups -OCH3 is 1. The number of halogens is 1. The van der Waals surface area contributed by atoms with Crippen molar-refractivity contribution >= 4 is 23.6 Å². The Morgan fingerprint density at radius 2 is 1.97 bits per heavy atom. The van der Waals surface area contributed by atoms with Crippen LogP contribution in [0.25, 0.3) is 0 Å². The molecule has 1 aliphatic heterocycles. The summed E-state index contributed by atoms with van der Waals surface area (Å²) in [5.74, 6) is -0.299. The van der Waals surface area contributed by atoms with Crippen molar-refractivity contribution < 1.29 is 19.1 Å². The van der Waals surface area contributed by atoms with Gasteiger partial charge in [-0.2, -0.15) is 0 Å². The number of nitrogens with two attached hydrogens (primary N) is 1. The van der Waals surface area contributed by atoms with Gasteiger partial charge in [-0.1, -0.05) is 23.7 Å². The number of nitrogens with one attached hydrogen (secondary N) is 1. The first kappa shape index (κ1) is 23.4. The SMILES string of the molecule is COC[C@H](N)C(=O)N[C@@]1(Cc2ccc(Cl)cc2)CCCN(C(=O)OC(C)(C)C)C1. The smallest absolute Gasteiger partial charge is 0.410 e. The van der Waals surface area contributed by atoms with E-state index in [-0.39, 0.29) is 18.6 Å². The molecule has 0 unspecified atom stereocenters. The maximum Gasteiger partial charge on any atom is 0.410 e. The number of hydrogen-bond donors (Lipinski definition) is 2. The predicted octanol–water partition coefficient (Wildman–Crippen LogP) is 2.74. The van der Waals surface area contributed by atoms with E-state index in [1.165, 1.54) is 7.11 Å². The molecule has 7 nitrogen and oxygen atoms in total. The van der Waals surface area contributed by atoms with Crippen LogP contribution in [-0.2, 0) is 20.7 Å². The molecule has 1 fully saturated rings. The Balaban J connectivity index is 2.24. The molecule has 0 bridgehead atoms. The Bertz CT molecular complexity index is 705. The number of benzene rings is 1. The first-order valence-electron chi connectivity index (χ1n) is 9.82. The molecule has 29 heavy (non-hydrogen) atoms. The summed E-state index contributed by atoms with van der Waals surface area (Å²) in [6.45, 7) is 6.55. The lowest BCUT2D eigenvalue weighted by molar-refractivity contribution is -0.126. The number of amides is 2. The Labute approximate surface area is 177 Å². The summed E-state index contributed by atoms with van der Waals surface area (Å²) >= 11 is 6.01. The molecule has 3 N–H and O–H groups in total. The molecule has 1 saturated heterocycles. The summed E-state index contributed by atoms with van der Waals surface area (Å²) in [5.41, 5.74) is 5.72. The van der Waals surface area contributed by atoms with Crippen molar-refractivity contribution in [3.63, 3.8) is 0 Å². The Morgan fingerprint density at radius 1 is 1.31 bits per heavy atom. The highest BCUT2D eigenvalue weighted by Gasteiger charge is 2.40. The number of rotatable bonds is 6. The van der Waals surface area contributed by atoms with Crippen molar-refractivity contribution in [3.05, 3.63) is 34.9 Å². The van der Waals surface area contributed by atoms with Crippen molar-refractivity contribution in [1.29, 1.82) is 0 Å². The maximum absolute atomic E-state index is 12.7. The van der Waals surface area contributed by atoms with E-state index >= 15 is 0 Å². The second-order valence-electron chi connectivity index (χ2n) is 8.64. The van der Waals surface area contributed by atoms with E-state index in [4.69, 9.17) is 26.8 Å². The van der Waals surface area contributed by atoms with Crippen LogP contribution in [0.15, 0.2) is 24.3 Å². The van der Waals surface area contributed by atoms with Gasteiger partial charge in [-0.15, -0.1) is 0 Å². The summed E-state index contributed by atoms with van der Waals surface area (Å²) < 4.78 is 10.5. The highest BCUT2D eigenvalue weighted by Crippen LogP contribution is 2.27. The Kier molecular flexibility index (Phi) is 7.91. The average molecular weight is 426 g/mol. The number of likely N-dealkylation sites (tertiary alicyclic amines) is 1. The van der Waals surface area contributed by atoms with Crippen LogP contribution in [0.2, 0.25) is 5.02 Å². The molecule has 8 heteroatoms. The second kappa shape index (κ2) is 9.78. The third kappa shape index (κ3) is 7.17. The zero-order valence-electron chi connectivity index (χ0n) is 17.7. The summed E-state index contributed by atoms with van der Waals surface area (Å²) in [7, 11) is 1.50. The molecule has 0 aliphatic carbocycles. The minimum atomic E-state index is -0.779. The monoisotopic (exact) mass is 425 g/mol. The van der Waals surface area contributed by atoms with Gasteiger partial charge in [0.05, 0.1) is 12.1 Å². The lowest BCUT2D eigenvalue weighted by Crippen LogP contribution is -2.63. The molecular weight excluding hydrogens is 394 g/mol. The number of ether oxygens (including phenoxy) is 2. The van der Waals surface area contributed by atoms with Gasteiger partial charge < -0.3 is 25.4 Å². The van der Waals surface area contributed by atoms with Crippen LogP contribution in [0.5, 0.6) is 0 Å². The van der Waals surface area contributed by atoms with Crippen LogP contribution in [0.1, 0.15) is 39.2 Å². The van der Waals surface area contributed by atoms with Gasteiger partial charge >= 0.3 is 6.09 Å². The van der Waals surface area contributed by atoms with Crippen LogP contribution >= 0.6 is 11.6 Å². The van der Waals surface area contributed by atoms with Gasteiger partial charge in [-0.05, 0) is 57.7 Å². The van der Waals surface area contributed by atoms with E-state index in [2.05, 4.69) is 5.32 Å². The standard InChI is InChI=1S/C21H32ClN3O4/c1-20(2,3)29-19(27)25-11-5-10-21(14-25,24-18(26)17(23)13-28-4)12-15-6-8-16(22)9-7-15/h6-9,17H,5,10-14,23H2,1-4H3,(H,24,26)/t17-,21+/m0/s1. The quantitative estimate of drug-likeness (QED) is 0.730. The van der Waals surface area contributed by atoms with Crippen LogP contribution in [0.3, 0.4) is 0 Å². The van der Waals surface area contributed by atoms with Crippen LogP contribution in [0.4, 0.5) is 4.79 Å². The second-order valence-corrected chi connectivity index (χ2v) is 9.08. The fourth-order valence-corrected chi connectivity index (χ4v) is 3.63. The highest BCUT2D eigenvalue weighted by molar-refractivity contribution is 6.30. The molecule has 0 radical (unpaired) electrons. The topological polar surface area (TPSA) is 93.9 Å². The summed E-state index contributed by atoms with van der Waals surface area (Å²) in [6, 6.07) is 6.71. The minimum absolute atomic E-state index is 0.124. The molecule has 0 spiro atoms. The van der Waals surface area contributed by atoms with Gasteiger partial charge in [0.1, 0.15) is 11.6 Å². The molecule has 1 aromatic carbocycles. The zero-order valence-corrected chi connectivity index (χ0v) is 18.4. The first-order valence-corrected chi connectivity index (χ1v) is 10.2. The minimum Gasteiger partial charge on any atom is -0.444 e. The van der Waals surface area contributed by atoms with E-state index in [1.807, 2.05) is 45.0 Å². The fourth-order valence-electron chi connectivity index (χ4n) is 3.51. The molecular formula is C21H32ClN3O4. The molecule has 2 atom stereocenters. The molecule has 1 aromatic rings. The fraction of sp³-hybridized carbons (Fsp3) is 0.619. The number of piperidine rings is 1. The van der Waals surface area contributed by atoms with Crippen molar-refractivity contribution in [3.8, 4) is 0 Å². The summed E-state index contributed by atoms with van der Waals surface area (Å²) in [6.07, 6.45) is 1.63. The van der Waals surface area contributed by atoms with E-state index < -0.39 is 17.2 Å². The molecule has 1 heterocycles. The zero-order chi connectivity index (χ0) is 21.7. The summed E-state index contributed by atoms with van der Waals surface area (Å²) in [4.78, 5) is 27.0. The van der Waals surface area contributed by atoms with Crippen molar-refractivity contribution in [1.82, 2.24) is 10.2 Å². The van der Waals surface area contributed by atoms with Crippen molar-refractivity contribution in [2.45, 2.75) is 57.2 Å². The predicted molar refractivity (Wildman–Crippen MR) is 113 cm³/mol. The highest BCUT2D eigenvalue weighted by atomic mass is 35.5. The normalized spacial score (nSPS) is 20.8. The van der Waals surface area contributed by atoms with E-state index in [0.29, 0.717) is 24.5 Å². The maximum atomic E-state index is 12.7. The third-order valence-electron chi connectivity index (χ3n) is 4.76. The van der Waals surface area contributed by atoms with Crippen molar-refractivity contribution in [2.75, 3.05) is 26.8 Å². The number of nitrogens with zero attached hydrogens (tertiary/aromatic N) is 1. The average Bonchev–Trinajstić information content (AvgIpc) is 2.62. The molecule has 0 aromatic heterocycles. The number of hydrogen-bond acceptors (Lipinski definition) is 5. The lowest BCUT2D eigenvalue weighted by Gasteiger charge is -2.44. The van der Waals surface area contributed by atoms with Gasteiger partial charge in [-0.3, -0.25) is 4.79 Å². The molecule has 2 amide bonds. The van der Waals surface area contributed by atoms with Crippen molar-refractivity contribution in [2.24, 2.45) is 5.73 Å². The van der Waals surface area contributed by atoms with Crippen LogP contribution in [0, 0.1) is 0 Å². The van der Waals surface area contributed by atoms with Gasteiger partial charge in [-0.25, -0.2) is 4.79 Å². The third-order valence-corrected chi connectivity index (χ3v) is 5.01. The first-order chi connectivity index (χ1) is 13.5. The van der Waals surface area contributed by atoms with Gasteiger partial charge in [0.15, 0.2) is 0 Å². The summed E-state index contributed by atoms with van der Waals surface area (Å²) in [5, 5.41) is 3.75. The van der Waals surface area contributed by atoms with E-state index in [0.717, 1.165) is 18.4 Å². The Morgan fingerprint density at radius 3 is 2.55 bits per heavy atom. The molecule has 1 aliphatic rings. The molecule has 162 valence electrons. The van der Waals surface area contributed by atoms with E-state index in [1.54, 1.807) is 4.90 Å². The number of carbonyl (C=O) groups excluding carboxylic acids is 2. The number of carbonyl (C=O) groups is 2. The van der Waals surface area contributed by atoms with Crippen LogP contribution in [-0.4, -0.2) is 60.9 Å². The van der Waals surface area contributed by atoms with Gasteiger partial charge in [0.2, 0.25) is 5.91 Å². The molecule has 2 rings (SSSR count). The van der Waals surface area contributed by atoms with E-state index in [9.17, 15) is 9.59 Å². The largest absolute Gasteiger partial charge is 0.444 e. The van der Waals surface area contributed by atoms with Gasteiger partial charge in [0.25, 0.3) is 0 Å². The van der Waals surface area contributed by atoms with Gasteiger partial charge in [0, 0.05) is 25.2 Å². The Hall–Kier alpha value is -1.83. The van der Waals surface area contributed by atoms with Crippen LogP contribution < -0.4 is 11.1 Å².